The Morgan fingerprint density at radius 3 is 2.61 bits per heavy atom. The molecule has 2 N–H and O–H groups in total. The van der Waals surface area contributed by atoms with E-state index in [2.05, 4.69) is 10.3 Å². The number of nitrogens with zero attached hydrogens (tertiary/aromatic N) is 1. The number of methoxy groups -OCH3 is 2. The average molecular weight is 419 g/mol. The van der Waals surface area contributed by atoms with Crippen molar-refractivity contribution < 1.29 is 23.9 Å². The monoisotopic (exact) mass is 419 g/mol. The van der Waals surface area contributed by atoms with Gasteiger partial charge in [0.15, 0.2) is 0 Å². The predicted octanol–water partition coefficient (Wildman–Crippen LogP) is 2.89. The summed E-state index contributed by atoms with van der Waals surface area (Å²) >= 11 is 0. The van der Waals surface area contributed by atoms with Crippen LogP contribution in [-0.2, 0) is 16.0 Å². The lowest BCUT2D eigenvalue weighted by molar-refractivity contribution is -0.130. The molecule has 2 heterocycles. The number of aromatic nitrogens is 1. The lowest BCUT2D eigenvalue weighted by Crippen LogP contribution is -2.54. The third-order valence-corrected chi connectivity index (χ3v) is 5.21. The molecule has 1 aliphatic rings. The second kappa shape index (κ2) is 8.35. The molecule has 0 spiro atoms. The van der Waals surface area contributed by atoms with Crippen molar-refractivity contribution in [1.82, 2.24) is 15.2 Å². The molecule has 2 aromatic carbocycles. The Kier molecular flexibility index (Phi) is 5.44. The molecule has 158 valence electrons. The van der Waals surface area contributed by atoms with Crippen LogP contribution in [-0.4, -0.2) is 48.5 Å². The summed E-state index contributed by atoms with van der Waals surface area (Å²) in [4.78, 5) is 41.9. The third kappa shape index (κ3) is 3.87. The normalized spacial score (nSPS) is 15.5. The van der Waals surface area contributed by atoms with Gasteiger partial charge in [-0.05, 0) is 36.3 Å². The number of para-hydroxylation sites is 1. The number of hydrogen-bond donors (Lipinski definition) is 2. The zero-order valence-electron chi connectivity index (χ0n) is 17.1. The molecule has 1 fully saturated rings. The van der Waals surface area contributed by atoms with Gasteiger partial charge in [-0.25, -0.2) is 4.79 Å². The maximum Gasteiger partial charge on any atom is 0.331 e. The summed E-state index contributed by atoms with van der Waals surface area (Å²) in [5.74, 6) is -0.369. The number of rotatable bonds is 6. The number of imide groups is 2. The van der Waals surface area contributed by atoms with Crippen molar-refractivity contribution in [1.29, 1.82) is 0 Å². The van der Waals surface area contributed by atoms with E-state index >= 15 is 0 Å². The minimum atomic E-state index is -0.740. The second-order valence-corrected chi connectivity index (χ2v) is 6.99. The van der Waals surface area contributed by atoms with E-state index in [0.717, 1.165) is 21.4 Å². The highest BCUT2D eigenvalue weighted by Gasteiger charge is 2.35. The number of H-pyrrole nitrogens is 1. The molecule has 1 saturated heterocycles. The highest BCUT2D eigenvalue weighted by Crippen LogP contribution is 2.27. The molecule has 0 aliphatic carbocycles. The average Bonchev–Trinajstić information content (AvgIpc) is 3.19. The first kappa shape index (κ1) is 20.2. The van der Waals surface area contributed by atoms with Gasteiger partial charge in [0, 0.05) is 35.3 Å². The van der Waals surface area contributed by atoms with Gasteiger partial charge in [-0.15, -0.1) is 0 Å². The molecule has 0 atom stereocenters. The second-order valence-electron chi connectivity index (χ2n) is 6.99. The summed E-state index contributed by atoms with van der Waals surface area (Å²) in [5, 5.41) is 3.27. The SMILES string of the molecule is COc1ccc(/C=C2\C(=O)NC(=O)N(CCc3c[nH]c4ccccc34)C2=O)c(OC)c1. The quantitative estimate of drug-likeness (QED) is 0.473. The molecule has 0 saturated carbocycles. The number of nitrogens with one attached hydrogen (secondary N) is 2. The van der Waals surface area contributed by atoms with Crippen molar-refractivity contribution in [2.75, 3.05) is 20.8 Å². The largest absolute Gasteiger partial charge is 0.497 e. The van der Waals surface area contributed by atoms with Crippen molar-refractivity contribution >= 4 is 34.8 Å². The van der Waals surface area contributed by atoms with Crippen molar-refractivity contribution in [3.8, 4) is 11.5 Å². The predicted molar refractivity (Wildman–Crippen MR) is 115 cm³/mol. The zero-order chi connectivity index (χ0) is 22.0. The highest BCUT2D eigenvalue weighted by molar-refractivity contribution is 6.31. The van der Waals surface area contributed by atoms with E-state index in [9.17, 15) is 14.4 Å². The summed E-state index contributed by atoms with van der Waals surface area (Å²) in [6, 6.07) is 12.1. The van der Waals surface area contributed by atoms with Crippen LogP contribution in [0, 0.1) is 0 Å². The Morgan fingerprint density at radius 2 is 1.84 bits per heavy atom. The number of ether oxygens (including phenoxy) is 2. The van der Waals surface area contributed by atoms with Crippen LogP contribution in [0.5, 0.6) is 11.5 Å². The van der Waals surface area contributed by atoms with E-state index in [-0.39, 0.29) is 12.1 Å². The van der Waals surface area contributed by atoms with Gasteiger partial charge < -0.3 is 14.5 Å². The zero-order valence-corrected chi connectivity index (χ0v) is 17.1. The molecule has 4 rings (SSSR count). The first-order valence-corrected chi connectivity index (χ1v) is 9.67. The van der Waals surface area contributed by atoms with E-state index in [1.807, 2.05) is 30.5 Å². The fourth-order valence-corrected chi connectivity index (χ4v) is 3.56. The van der Waals surface area contributed by atoms with Crippen LogP contribution in [0.15, 0.2) is 54.2 Å². The highest BCUT2D eigenvalue weighted by atomic mass is 16.5. The van der Waals surface area contributed by atoms with Gasteiger partial charge in [0.25, 0.3) is 11.8 Å². The molecule has 4 amide bonds. The van der Waals surface area contributed by atoms with Gasteiger partial charge in [0.2, 0.25) is 0 Å². The number of urea groups is 1. The number of barbiturate groups is 1. The van der Waals surface area contributed by atoms with Crippen molar-refractivity contribution in [2.45, 2.75) is 6.42 Å². The Balaban J connectivity index is 1.59. The summed E-state index contributed by atoms with van der Waals surface area (Å²) in [7, 11) is 3.01. The molecule has 0 radical (unpaired) electrons. The lowest BCUT2D eigenvalue weighted by atomic mass is 10.1. The molecule has 1 aliphatic heterocycles. The number of amides is 4. The summed E-state index contributed by atoms with van der Waals surface area (Å²) in [5.41, 5.74) is 2.35. The van der Waals surface area contributed by atoms with Crippen LogP contribution < -0.4 is 14.8 Å². The van der Waals surface area contributed by atoms with Crippen LogP contribution in [0.4, 0.5) is 4.79 Å². The van der Waals surface area contributed by atoms with Crippen molar-refractivity contribution in [2.24, 2.45) is 0 Å². The van der Waals surface area contributed by atoms with Crippen molar-refractivity contribution in [3.05, 3.63) is 65.4 Å². The third-order valence-electron chi connectivity index (χ3n) is 5.21. The van der Waals surface area contributed by atoms with Crippen LogP contribution in [0.1, 0.15) is 11.1 Å². The van der Waals surface area contributed by atoms with E-state index < -0.39 is 17.8 Å². The molecular formula is C23H21N3O5. The van der Waals surface area contributed by atoms with E-state index in [4.69, 9.17) is 9.47 Å². The number of carbonyl (C=O) groups is 3. The number of hydrogen-bond acceptors (Lipinski definition) is 5. The molecule has 3 aromatic rings. The first-order chi connectivity index (χ1) is 15.0. The number of aromatic amines is 1. The topological polar surface area (TPSA) is 101 Å². The molecule has 0 bridgehead atoms. The van der Waals surface area contributed by atoms with Gasteiger partial charge in [0.05, 0.1) is 14.2 Å². The van der Waals surface area contributed by atoms with Gasteiger partial charge in [-0.1, -0.05) is 18.2 Å². The lowest BCUT2D eigenvalue weighted by Gasteiger charge is -2.26. The van der Waals surface area contributed by atoms with Crippen LogP contribution in [0.25, 0.3) is 17.0 Å². The van der Waals surface area contributed by atoms with Crippen LogP contribution in [0.2, 0.25) is 0 Å². The van der Waals surface area contributed by atoms with Crippen molar-refractivity contribution in [3.63, 3.8) is 0 Å². The van der Waals surface area contributed by atoms with Gasteiger partial charge in [-0.2, -0.15) is 0 Å². The number of benzene rings is 2. The van der Waals surface area contributed by atoms with Crippen LogP contribution in [0.3, 0.4) is 0 Å². The maximum atomic E-state index is 13.0. The molecule has 31 heavy (non-hydrogen) atoms. The Hall–Kier alpha value is -4.07. The van der Waals surface area contributed by atoms with E-state index in [1.54, 1.807) is 18.2 Å². The maximum absolute atomic E-state index is 13.0. The summed E-state index contributed by atoms with van der Waals surface area (Å²) in [6.45, 7) is 0.136. The Labute approximate surface area is 178 Å². The molecule has 8 nitrogen and oxygen atoms in total. The Bertz CT molecular complexity index is 1210. The summed E-state index contributed by atoms with van der Waals surface area (Å²) < 4.78 is 10.5. The van der Waals surface area contributed by atoms with Crippen LogP contribution >= 0.6 is 0 Å². The van der Waals surface area contributed by atoms with Gasteiger partial charge in [0.1, 0.15) is 17.1 Å². The minimum Gasteiger partial charge on any atom is -0.497 e. The van der Waals surface area contributed by atoms with Gasteiger partial charge in [-0.3, -0.25) is 19.8 Å². The number of carbonyl (C=O) groups excluding carboxylic acids is 3. The molecule has 1 aromatic heterocycles. The Morgan fingerprint density at radius 1 is 1.03 bits per heavy atom. The number of fused-ring (bicyclic) bond motifs is 1. The molecule has 0 unspecified atom stereocenters. The van der Waals surface area contributed by atoms with E-state index in [1.165, 1.54) is 20.3 Å². The fraction of sp³-hybridized carbons (Fsp3) is 0.174. The molecular weight excluding hydrogens is 398 g/mol. The standard InChI is InChI=1S/C23H21N3O5/c1-30-16-8-7-14(20(12-16)31-2)11-18-21(27)25-23(29)26(22(18)28)10-9-15-13-24-19-6-4-3-5-17(15)19/h3-8,11-13,24H,9-10H2,1-2H3,(H,25,27,29)/b18-11+. The smallest absolute Gasteiger partial charge is 0.331 e. The molecule has 8 heteroatoms. The summed E-state index contributed by atoms with van der Waals surface area (Å²) in [6.07, 6.45) is 3.73. The first-order valence-electron chi connectivity index (χ1n) is 9.67. The van der Waals surface area contributed by atoms with E-state index in [0.29, 0.717) is 23.5 Å². The fourth-order valence-electron chi connectivity index (χ4n) is 3.56. The van der Waals surface area contributed by atoms with Gasteiger partial charge >= 0.3 is 6.03 Å². The minimum absolute atomic E-state index is 0.136.